The zero-order valence-corrected chi connectivity index (χ0v) is 10.2. The molecule has 0 aliphatic rings. The molecule has 5 nitrogen and oxygen atoms in total. The molecule has 1 aromatic rings. The van der Waals surface area contributed by atoms with Crippen molar-refractivity contribution in [2.75, 3.05) is 7.11 Å². The minimum atomic E-state index is -1.54. The Morgan fingerprint density at radius 2 is 1.94 bits per heavy atom. The summed E-state index contributed by atoms with van der Waals surface area (Å²) in [7, 11) is 1.14. The number of hydrogen-bond donors (Lipinski definition) is 1. The van der Waals surface area contributed by atoms with Gasteiger partial charge in [-0.05, 0) is 32.0 Å². The first-order valence-corrected chi connectivity index (χ1v) is 5.08. The topological polar surface area (TPSA) is 72.8 Å². The van der Waals surface area contributed by atoms with Gasteiger partial charge in [0.15, 0.2) is 5.60 Å². The molecule has 1 N–H and O–H groups in total. The van der Waals surface area contributed by atoms with Crippen molar-refractivity contribution < 1.29 is 28.6 Å². The summed E-state index contributed by atoms with van der Waals surface area (Å²) in [5.74, 6) is -2.69. The first-order chi connectivity index (χ1) is 8.27. The molecule has 18 heavy (non-hydrogen) atoms. The van der Waals surface area contributed by atoms with Crippen LogP contribution in [-0.4, -0.2) is 29.8 Å². The molecule has 1 rings (SSSR count). The van der Waals surface area contributed by atoms with Gasteiger partial charge in [-0.2, -0.15) is 0 Å². The normalized spacial score (nSPS) is 10.9. The molecule has 0 saturated heterocycles. The van der Waals surface area contributed by atoms with Gasteiger partial charge in [0.05, 0.1) is 7.11 Å². The molecule has 0 aromatic heterocycles. The Labute approximate surface area is 103 Å². The maximum absolute atomic E-state index is 13.1. The predicted octanol–water partition coefficient (Wildman–Crippen LogP) is 1.85. The van der Waals surface area contributed by atoms with Crippen LogP contribution in [0.3, 0.4) is 0 Å². The highest BCUT2D eigenvalue weighted by Gasteiger charge is 2.31. The summed E-state index contributed by atoms with van der Waals surface area (Å²) in [5, 5.41) is 8.93. The molecule has 0 atom stereocenters. The van der Waals surface area contributed by atoms with E-state index in [-0.39, 0.29) is 11.3 Å². The number of methoxy groups -OCH3 is 1. The van der Waals surface area contributed by atoms with Crippen LogP contribution < -0.4 is 4.74 Å². The van der Waals surface area contributed by atoms with Crippen molar-refractivity contribution in [3.8, 4) is 5.75 Å². The molecule has 98 valence electrons. The quantitative estimate of drug-likeness (QED) is 0.832. The van der Waals surface area contributed by atoms with Crippen LogP contribution in [0.5, 0.6) is 5.75 Å². The number of carbonyl (C=O) groups excluding carboxylic acids is 1. The van der Waals surface area contributed by atoms with E-state index >= 15 is 0 Å². The Bertz CT molecular complexity index is 481. The van der Waals surface area contributed by atoms with Crippen molar-refractivity contribution in [2.24, 2.45) is 0 Å². The van der Waals surface area contributed by atoms with E-state index in [2.05, 4.69) is 4.74 Å². The second kappa shape index (κ2) is 5.03. The summed E-state index contributed by atoms with van der Waals surface area (Å²) >= 11 is 0. The maximum Gasteiger partial charge on any atom is 0.347 e. The smallest absolute Gasteiger partial charge is 0.347 e. The lowest BCUT2D eigenvalue weighted by molar-refractivity contribution is -0.152. The average Bonchev–Trinajstić information content (AvgIpc) is 2.30. The Morgan fingerprint density at radius 3 is 2.44 bits per heavy atom. The van der Waals surface area contributed by atoms with Gasteiger partial charge in [-0.3, -0.25) is 0 Å². The standard InChI is InChI=1S/C12H13FO5/c1-12(2,11(15)16)18-9-5-4-7(13)6-8(9)10(14)17-3/h4-6H,1-3H3,(H,15,16). The van der Waals surface area contributed by atoms with Gasteiger partial charge in [-0.15, -0.1) is 0 Å². The zero-order chi connectivity index (χ0) is 13.9. The van der Waals surface area contributed by atoms with E-state index in [4.69, 9.17) is 9.84 Å². The number of hydrogen-bond acceptors (Lipinski definition) is 4. The number of rotatable bonds is 4. The van der Waals surface area contributed by atoms with Crippen molar-refractivity contribution >= 4 is 11.9 Å². The fourth-order valence-electron chi connectivity index (χ4n) is 1.18. The molecule has 0 heterocycles. The van der Waals surface area contributed by atoms with Crippen LogP contribution in [0.2, 0.25) is 0 Å². The molecule has 0 radical (unpaired) electrons. The lowest BCUT2D eigenvalue weighted by Crippen LogP contribution is -2.38. The van der Waals surface area contributed by atoms with Crippen LogP contribution >= 0.6 is 0 Å². The van der Waals surface area contributed by atoms with Crippen molar-refractivity contribution in [3.63, 3.8) is 0 Å². The van der Waals surface area contributed by atoms with Crippen LogP contribution in [0, 0.1) is 5.82 Å². The third-order valence-corrected chi connectivity index (χ3v) is 2.23. The number of carboxylic acid groups (broad SMARTS) is 1. The molecule has 0 aliphatic carbocycles. The van der Waals surface area contributed by atoms with Gasteiger partial charge in [-0.25, -0.2) is 14.0 Å². The summed E-state index contributed by atoms with van der Waals surface area (Å²) in [5.41, 5.74) is -1.70. The minimum absolute atomic E-state index is 0.0457. The van der Waals surface area contributed by atoms with Crippen LogP contribution in [0.1, 0.15) is 24.2 Å². The molecule has 0 bridgehead atoms. The van der Waals surface area contributed by atoms with Gasteiger partial charge in [0.25, 0.3) is 0 Å². The number of carbonyl (C=O) groups is 2. The van der Waals surface area contributed by atoms with E-state index in [1.54, 1.807) is 0 Å². The number of halogens is 1. The third-order valence-electron chi connectivity index (χ3n) is 2.23. The molecule has 0 saturated carbocycles. The molecule has 1 aromatic carbocycles. The second-order valence-corrected chi connectivity index (χ2v) is 4.05. The van der Waals surface area contributed by atoms with Crippen molar-refractivity contribution in [1.29, 1.82) is 0 Å². The Hall–Kier alpha value is -2.11. The van der Waals surface area contributed by atoms with E-state index in [1.165, 1.54) is 19.9 Å². The molecular formula is C12H13FO5. The number of carboxylic acids is 1. The molecular weight excluding hydrogens is 243 g/mol. The van der Waals surface area contributed by atoms with Crippen molar-refractivity contribution in [1.82, 2.24) is 0 Å². The van der Waals surface area contributed by atoms with Gasteiger partial charge in [0.1, 0.15) is 17.1 Å². The number of aliphatic carboxylic acids is 1. The van der Waals surface area contributed by atoms with E-state index < -0.39 is 23.4 Å². The minimum Gasteiger partial charge on any atom is -0.478 e. The zero-order valence-electron chi connectivity index (χ0n) is 10.2. The van der Waals surface area contributed by atoms with Crippen LogP contribution in [0.25, 0.3) is 0 Å². The summed E-state index contributed by atoms with van der Waals surface area (Å²) in [6, 6.07) is 3.19. The SMILES string of the molecule is COC(=O)c1cc(F)ccc1OC(C)(C)C(=O)O. The lowest BCUT2D eigenvalue weighted by atomic mass is 10.1. The average molecular weight is 256 g/mol. The first-order valence-electron chi connectivity index (χ1n) is 5.08. The number of esters is 1. The molecule has 0 amide bonds. The monoisotopic (exact) mass is 256 g/mol. The Balaban J connectivity index is 3.17. The fourth-order valence-corrected chi connectivity index (χ4v) is 1.18. The molecule has 0 spiro atoms. The highest BCUT2D eigenvalue weighted by Crippen LogP contribution is 2.25. The molecule has 6 heteroatoms. The van der Waals surface area contributed by atoms with E-state index in [0.29, 0.717) is 0 Å². The lowest BCUT2D eigenvalue weighted by Gasteiger charge is -2.22. The van der Waals surface area contributed by atoms with Crippen molar-refractivity contribution in [2.45, 2.75) is 19.4 Å². The van der Waals surface area contributed by atoms with Crippen LogP contribution in [-0.2, 0) is 9.53 Å². The van der Waals surface area contributed by atoms with Gasteiger partial charge >= 0.3 is 11.9 Å². The van der Waals surface area contributed by atoms with Gasteiger partial charge in [0.2, 0.25) is 0 Å². The van der Waals surface area contributed by atoms with Crippen molar-refractivity contribution in [3.05, 3.63) is 29.6 Å². The maximum atomic E-state index is 13.1. The third kappa shape index (κ3) is 2.97. The molecule has 0 aliphatic heterocycles. The summed E-state index contributed by atoms with van der Waals surface area (Å²) < 4.78 is 22.7. The summed E-state index contributed by atoms with van der Waals surface area (Å²) in [6.07, 6.45) is 0. The molecule has 0 unspecified atom stereocenters. The molecule has 0 fully saturated rings. The highest BCUT2D eigenvalue weighted by molar-refractivity contribution is 5.92. The highest BCUT2D eigenvalue weighted by atomic mass is 19.1. The summed E-state index contributed by atoms with van der Waals surface area (Å²) in [6.45, 7) is 2.64. The number of benzene rings is 1. The van der Waals surface area contributed by atoms with Gasteiger partial charge < -0.3 is 14.6 Å². The fraction of sp³-hybridized carbons (Fsp3) is 0.333. The van der Waals surface area contributed by atoms with Gasteiger partial charge in [0, 0.05) is 0 Å². The van der Waals surface area contributed by atoms with Gasteiger partial charge in [-0.1, -0.05) is 0 Å². The van der Waals surface area contributed by atoms with Crippen LogP contribution in [0.15, 0.2) is 18.2 Å². The predicted molar refractivity (Wildman–Crippen MR) is 60.1 cm³/mol. The largest absolute Gasteiger partial charge is 0.478 e. The van der Waals surface area contributed by atoms with Crippen LogP contribution in [0.4, 0.5) is 4.39 Å². The first kappa shape index (κ1) is 14.0. The summed E-state index contributed by atoms with van der Waals surface area (Å²) in [4.78, 5) is 22.4. The Morgan fingerprint density at radius 1 is 1.33 bits per heavy atom. The van der Waals surface area contributed by atoms with E-state index in [9.17, 15) is 14.0 Å². The van der Waals surface area contributed by atoms with E-state index in [1.807, 2.05) is 0 Å². The van der Waals surface area contributed by atoms with E-state index in [0.717, 1.165) is 19.2 Å². The number of ether oxygens (including phenoxy) is 2. The second-order valence-electron chi connectivity index (χ2n) is 4.05. The Kier molecular flexibility index (Phi) is 3.90.